The van der Waals surface area contributed by atoms with Gasteiger partial charge in [0.05, 0.1) is 0 Å². The fourth-order valence-corrected chi connectivity index (χ4v) is 3.40. The zero-order valence-electron chi connectivity index (χ0n) is 15.2. The van der Waals surface area contributed by atoms with E-state index in [1.165, 1.54) is 11.6 Å². The summed E-state index contributed by atoms with van der Waals surface area (Å²) in [5.74, 6) is -0.366. The summed E-state index contributed by atoms with van der Waals surface area (Å²) in [6.45, 7) is 3.66. The first kappa shape index (κ1) is 19.1. The molecule has 0 aliphatic carbocycles. The van der Waals surface area contributed by atoms with Gasteiger partial charge in [-0.3, -0.25) is 19.7 Å². The van der Waals surface area contributed by atoms with Crippen molar-refractivity contribution in [1.29, 1.82) is 0 Å². The van der Waals surface area contributed by atoms with Crippen molar-refractivity contribution >= 4 is 11.8 Å². The molecule has 0 spiro atoms. The number of piperidine rings is 1. The quantitative estimate of drug-likeness (QED) is 0.541. The van der Waals surface area contributed by atoms with Crippen molar-refractivity contribution in [2.24, 2.45) is 5.92 Å². The van der Waals surface area contributed by atoms with Gasteiger partial charge in [0.25, 0.3) is 11.8 Å². The molecule has 1 fully saturated rings. The summed E-state index contributed by atoms with van der Waals surface area (Å²) in [4.78, 5) is 26.2. The van der Waals surface area contributed by atoms with Crippen LogP contribution in [-0.4, -0.2) is 41.6 Å². The fraction of sp³-hybridized carbons (Fsp3) is 0.333. The highest BCUT2D eigenvalue weighted by Crippen LogP contribution is 2.18. The van der Waals surface area contributed by atoms with Gasteiger partial charge in [-0.25, -0.2) is 5.48 Å². The summed E-state index contributed by atoms with van der Waals surface area (Å²) in [5, 5.41) is 11.7. The van der Waals surface area contributed by atoms with Crippen LogP contribution in [0.3, 0.4) is 0 Å². The summed E-state index contributed by atoms with van der Waals surface area (Å²) in [6.07, 6.45) is 2.11. The Morgan fingerprint density at radius 2 is 1.63 bits per heavy atom. The van der Waals surface area contributed by atoms with Crippen LogP contribution >= 0.6 is 0 Å². The molecule has 142 valence electrons. The van der Waals surface area contributed by atoms with Crippen molar-refractivity contribution < 1.29 is 14.8 Å². The van der Waals surface area contributed by atoms with Gasteiger partial charge in [0.1, 0.15) is 0 Å². The van der Waals surface area contributed by atoms with Crippen LogP contribution in [0.1, 0.15) is 39.1 Å². The molecule has 2 amide bonds. The standard InChI is InChI=1S/C21H25N3O3/c25-20(18-7-4-8-19(13-18)21(26)23-27)22-14-16-9-11-24(12-10-16)15-17-5-2-1-3-6-17/h1-8,13,16,27H,9-12,14-15H2,(H,22,25)(H,23,26). The Hall–Kier alpha value is -2.70. The minimum absolute atomic E-state index is 0.200. The van der Waals surface area contributed by atoms with E-state index >= 15 is 0 Å². The molecule has 1 heterocycles. The number of likely N-dealkylation sites (tertiary alicyclic amines) is 1. The van der Waals surface area contributed by atoms with Gasteiger partial charge >= 0.3 is 0 Å². The number of carbonyl (C=O) groups excluding carboxylic acids is 2. The second-order valence-electron chi connectivity index (χ2n) is 6.94. The topological polar surface area (TPSA) is 81.7 Å². The molecule has 2 aromatic carbocycles. The molecule has 0 bridgehead atoms. The predicted octanol–water partition coefficient (Wildman–Crippen LogP) is 2.45. The third-order valence-electron chi connectivity index (χ3n) is 5.00. The lowest BCUT2D eigenvalue weighted by atomic mass is 9.96. The molecule has 3 rings (SSSR count). The number of rotatable bonds is 6. The zero-order valence-corrected chi connectivity index (χ0v) is 15.2. The Balaban J connectivity index is 1.44. The molecule has 27 heavy (non-hydrogen) atoms. The van der Waals surface area contributed by atoms with Gasteiger partial charge in [-0.15, -0.1) is 0 Å². The van der Waals surface area contributed by atoms with Gasteiger partial charge < -0.3 is 5.32 Å². The molecular formula is C21H25N3O3. The Labute approximate surface area is 159 Å². The first-order chi connectivity index (χ1) is 13.2. The van der Waals surface area contributed by atoms with Gasteiger partial charge in [-0.2, -0.15) is 0 Å². The van der Waals surface area contributed by atoms with Gasteiger partial charge in [0.15, 0.2) is 0 Å². The summed E-state index contributed by atoms with van der Waals surface area (Å²) < 4.78 is 0. The molecule has 2 aromatic rings. The van der Waals surface area contributed by atoms with Gasteiger partial charge in [-0.1, -0.05) is 36.4 Å². The lowest BCUT2D eigenvalue weighted by Gasteiger charge is -2.32. The maximum Gasteiger partial charge on any atom is 0.274 e. The molecule has 0 saturated carbocycles. The van der Waals surface area contributed by atoms with Crippen molar-refractivity contribution in [3.63, 3.8) is 0 Å². The molecule has 0 atom stereocenters. The normalized spacial score (nSPS) is 15.3. The molecule has 3 N–H and O–H groups in total. The van der Waals surface area contributed by atoms with Crippen molar-refractivity contribution in [2.45, 2.75) is 19.4 Å². The van der Waals surface area contributed by atoms with Gasteiger partial charge in [-0.05, 0) is 55.6 Å². The van der Waals surface area contributed by atoms with E-state index in [0.717, 1.165) is 32.5 Å². The Bertz CT molecular complexity index is 771. The molecule has 6 heteroatoms. The monoisotopic (exact) mass is 367 g/mol. The van der Waals surface area contributed by atoms with Crippen molar-refractivity contribution in [3.8, 4) is 0 Å². The van der Waals surface area contributed by atoms with Crippen molar-refractivity contribution in [3.05, 3.63) is 71.3 Å². The lowest BCUT2D eigenvalue weighted by molar-refractivity contribution is 0.0706. The Morgan fingerprint density at radius 1 is 0.963 bits per heavy atom. The Kier molecular flexibility index (Phi) is 6.57. The van der Waals surface area contributed by atoms with Crippen molar-refractivity contribution in [1.82, 2.24) is 15.7 Å². The molecule has 0 radical (unpaired) electrons. The second kappa shape index (κ2) is 9.30. The zero-order chi connectivity index (χ0) is 19.1. The SMILES string of the molecule is O=C(NO)c1cccc(C(=O)NCC2CCN(Cc3ccccc3)CC2)c1. The number of hydroxylamine groups is 1. The highest BCUT2D eigenvalue weighted by Gasteiger charge is 2.20. The van der Waals surface area contributed by atoms with Gasteiger partial charge in [0, 0.05) is 24.2 Å². The van der Waals surface area contributed by atoms with E-state index in [9.17, 15) is 9.59 Å². The average Bonchev–Trinajstić information content (AvgIpc) is 2.73. The minimum Gasteiger partial charge on any atom is -0.352 e. The van der Waals surface area contributed by atoms with Gasteiger partial charge in [0.2, 0.25) is 0 Å². The number of benzene rings is 2. The van der Waals surface area contributed by atoms with E-state index in [4.69, 9.17) is 5.21 Å². The average molecular weight is 367 g/mol. The molecule has 1 aliphatic rings. The number of nitrogens with one attached hydrogen (secondary N) is 2. The maximum atomic E-state index is 12.3. The summed E-state index contributed by atoms with van der Waals surface area (Å²) in [7, 11) is 0. The fourth-order valence-electron chi connectivity index (χ4n) is 3.40. The maximum absolute atomic E-state index is 12.3. The number of amides is 2. The molecular weight excluding hydrogens is 342 g/mol. The minimum atomic E-state index is -0.629. The third-order valence-corrected chi connectivity index (χ3v) is 5.00. The molecule has 0 unspecified atom stereocenters. The second-order valence-corrected chi connectivity index (χ2v) is 6.94. The van der Waals surface area contributed by atoms with Crippen LogP contribution in [0.25, 0.3) is 0 Å². The van der Waals surface area contributed by atoms with E-state index < -0.39 is 5.91 Å². The van der Waals surface area contributed by atoms with Crippen LogP contribution in [-0.2, 0) is 6.54 Å². The van der Waals surface area contributed by atoms with E-state index in [1.54, 1.807) is 23.7 Å². The number of hydrogen-bond donors (Lipinski definition) is 3. The first-order valence-electron chi connectivity index (χ1n) is 9.24. The largest absolute Gasteiger partial charge is 0.352 e. The predicted molar refractivity (Wildman–Crippen MR) is 102 cm³/mol. The molecule has 1 saturated heterocycles. The van der Waals surface area contributed by atoms with Crippen LogP contribution in [0.15, 0.2) is 54.6 Å². The van der Waals surface area contributed by atoms with Crippen LogP contribution in [0.5, 0.6) is 0 Å². The number of nitrogens with zero attached hydrogens (tertiary/aromatic N) is 1. The van der Waals surface area contributed by atoms with Crippen molar-refractivity contribution in [2.75, 3.05) is 19.6 Å². The molecule has 6 nitrogen and oxygen atoms in total. The van der Waals surface area contributed by atoms with Crippen LogP contribution in [0.4, 0.5) is 0 Å². The summed E-state index contributed by atoms with van der Waals surface area (Å²) in [5.41, 5.74) is 3.57. The Morgan fingerprint density at radius 3 is 2.30 bits per heavy atom. The number of carbonyl (C=O) groups is 2. The summed E-state index contributed by atoms with van der Waals surface area (Å²) >= 11 is 0. The first-order valence-corrected chi connectivity index (χ1v) is 9.24. The number of hydrogen-bond acceptors (Lipinski definition) is 4. The third kappa shape index (κ3) is 5.39. The van der Waals surface area contributed by atoms with E-state index in [0.29, 0.717) is 18.0 Å². The van der Waals surface area contributed by atoms with E-state index in [2.05, 4.69) is 34.5 Å². The lowest BCUT2D eigenvalue weighted by Crippen LogP contribution is -2.38. The summed E-state index contributed by atoms with van der Waals surface area (Å²) in [6, 6.07) is 16.8. The van der Waals surface area contributed by atoms with Crippen LogP contribution in [0, 0.1) is 5.92 Å². The van der Waals surface area contributed by atoms with Crippen LogP contribution < -0.4 is 10.8 Å². The highest BCUT2D eigenvalue weighted by molar-refractivity contribution is 5.99. The van der Waals surface area contributed by atoms with Crippen LogP contribution in [0.2, 0.25) is 0 Å². The highest BCUT2D eigenvalue weighted by atomic mass is 16.5. The smallest absolute Gasteiger partial charge is 0.274 e. The molecule has 0 aromatic heterocycles. The van der Waals surface area contributed by atoms with E-state index in [-0.39, 0.29) is 11.5 Å². The molecule has 1 aliphatic heterocycles. The van der Waals surface area contributed by atoms with E-state index in [1.807, 2.05) is 6.07 Å².